The van der Waals surface area contributed by atoms with Gasteiger partial charge in [-0.3, -0.25) is 0 Å². The van der Waals surface area contributed by atoms with Crippen molar-refractivity contribution in [3.63, 3.8) is 0 Å². The van der Waals surface area contributed by atoms with Crippen molar-refractivity contribution in [1.29, 1.82) is 0 Å². The van der Waals surface area contributed by atoms with E-state index < -0.39 is 0 Å². The van der Waals surface area contributed by atoms with Crippen LogP contribution in [-0.2, 0) is 26.2 Å². The molecular formula is C10H23NZr. The van der Waals surface area contributed by atoms with Crippen molar-refractivity contribution in [2.75, 3.05) is 6.54 Å². The van der Waals surface area contributed by atoms with Crippen LogP contribution in [0.15, 0.2) is 0 Å². The molecule has 0 aromatic rings. The predicted octanol–water partition coefficient (Wildman–Crippen LogP) is 3.08. The van der Waals surface area contributed by atoms with Crippen LogP contribution in [0.4, 0.5) is 0 Å². The van der Waals surface area contributed by atoms with Gasteiger partial charge < -0.3 is 5.73 Å². The summed E-state index contributed by atoms with van der Waals surface area (Å²) in [6.07, 6.45) is 11.0. The normalized spacial score (nSPS) is 9.50. The van der Waals surface area contributed by atoms with E-state index in [1.807, 2.05) is 0 Å². The summed E-state index contributed by atoms with van der Waals surface area (Å²) in [5.74, 6) is 0. The molecule has 0 rings (SSSR count). The zero-order valence-corrected chi connectivity index (χ0v) is 10.9. The molecule has 0 aliphatic rings. The molecule has 2 heteroatoms. The predicted molar refractivity (Wildman–Crippen MR) is 51.7 cm³/mol. The molecule has 0 bridgehead atoms. The van der Waals surface area contributed by atoms with Gasteiger partial charge in [-0.15, -0.1) is 0 Å². The minimum Gasteiger partial charge on any atom is -0.330 e. The summed E-state index contributed by atoms with van der Waals surface area (Å²) < 4.78 is 0. The molecule has 0 aliphatic heterocycles. The summed E-state index contributed by atoms with van der Waals surface area (Å²) in [5.41, 5.74) is 5.39. The molecule has 0 saturated carbocycles. The fourth-order valence-corrected chi connectivity index (χ4v) is 1.28. The minimum absolute atomic E-state index is 0. The van der Waals surface area contributed by atoms with Gasteiger partial charge in [-0.1, -0.05) is 51.9 Å². The SMILES string of the molecule is CCCCCCCCCCN.[Zr]. The van der Waals surface area contributed by atoms with E-state index in [0.717, 1.165) is 6.54 Å². The van der Waals surface area contributed by atoms with Crippen molar-refractivity contribution < 1.29 is 26.2 Å². The summed E-state index contributed by atoms with van der Waals surface area (Å²) in [7, 11) is 0. The molecule has 0 atom stereocenters. The van der Waals surface area contributed by atoms with E-state index in [4.69, 9.17) is 5.73 Å². The van der Waals surface area contributed by atoms with E-state index in [1.54, 1.807) is 0 Å². The Balaban J connectivity index is 0. The molecule has 1 nitrogen and oxygen atoms in total. The van der Waals surface area contributed by atoms with Gasteiger partial charge in [0.15, 0.2) is 0 Å². The van der Waals surface area contributed by atoms with E-state index in [1.165, 1.54) is 51.4 Å². The Labute approximate surface area is 96.6 Å². The second-order valence-electron chi connectivity index (χ2n) is 3.26. The second kappa shape index (κ2) is 14.4. The van der Waals surface area contributed by atoms with Crippen LogP contribution < -0.4 is 5.73 Å². The average Bonchev–Trinajstić information content (AvgIpc) is 2.03. The number of nitrogens with two attached hydrogens (primary N) is 1. The van der Waals surface area contributed by atoms with Gasteiger partial charge in [-0.05, 0) is 13.0 Å². The molecule has 0 unspecified atom stereocenters. The summed E-state index contributed by atoms with van der Waals surface area (Å²) in [6.45, 7) is 3.13. The van der Waals surface area contributed by atoms with Crippen LogP contribution in [0.1, 0.15) is 58.3 Å². The topological polar surface area (TPSA) is 26.0 Å². The molecule has 0 aromatic carbocycles. The first-order chi connectivity index (χ1) is 5.41. The zero-order chi connectivity index (χ0) is 8.36. The summed E-state index contributed by atoms with van der Waals surface area (Å²) in [6, 6.07) is 0. The van der Waals surface area contributed by atoms with Crippen LogP contribution in [0.25, 0.3) is 0 Å². The quantitative estimate of drug-likeness (QED) is 0.656. The van der Waals surface area contributed by atoms with E-state index >= 15 is 0 Å². The van der Waals surface area contributed by atoms with Crippen LogP contribution in [0.3, 0.4) is 0 Å². The Bertz CT molecular complexity index is 58.9. The molecule has 0 aliphatic carbocycles. The Morgan fingerprint density at radius 1 is 0.750 bits per heavy atom. The molecule has 0 radical (unpaired) electrons. The molecule has 0 spiro atoms. The third-order valence-electron chi connectivity index (χ3n) is 2.06. The number of hydrogen-bond donors (Lipinski definition) is 1. The fourth-order valence-electron chi connectivity index (χ4n) is 1.28. The van der Waals surface area contributed by atoms with Crippen LogP contribution >= 0.6 is 0 Å². The van der Waals surface area contributed by atoms with E-state index in [9.17, 15) is 0 Å². The maximum atomic E-state index is 5.39. The van der Waals surface area contributed by atoms with Gasteiger partial charge in [0.25, 0.3) is 0 Å². The minimum atomic E-state index is 0. The molecular weight excluding hydrogens is 225 g/mol. The van der Waals surface area contributed by atoms with Gasteiger partial charge in [0.2, 0.25) is 0 Å². The van der Waals surface area contributed by atoms with Gasteiger partial charge >= 0.3 is 0 Å². The molecule has 0 fully saturated rings. The smallest absolute Gasteiger partial charge is 0 e. The maximum Gasteiger partial charge on any atom is 0 e. The number of unbranched alkanes of at least 4 members (excludes halogenated alkanes) is 7. The molecule has 0 heterocycles. The van der Waals surface area contributed by atoms with Crippen LogP contribution in [0.5, 0.6) is 0 Å². The molecule has 12 heavy (non-hydrogen) atoms. The van der Waals surface area contributed by atoms with Gasteiger partial charge in [-0.2, -0.15) is 0 Å². The number of rotatable bonds is 8. The Hall–Kier alpha value is 0.843. The fraction of sp³-hybridized carbons (Fsp3) is 1.00. The van der Waals surface area contributed by atoms with Crippen molar-refractivity contribution in [2.24, 2.45) is 5.73 Å². The van der Waals surface area contributed by atoms with Crippen molar-refractivity contribution in [1.82, 2.24) is 0 Å². The van der Waals surface area contributed by atoms with Crippen molar-refractivity contribution in [2.45, 2.75) is 58.3 Å². The summed E-state index contributed by atoms with van der Waals surface area (Å²) >= 11 is 0. The third kappa shape index (κ3) is 13.4. The molecule has 2 N–H and O–H groups in total. The first-order valence-corrected chi connectivity index (χ1v) is 5.12. The maximum absolute atomic E-state index is 5.39. The molecule has 72 valence electrons. The Morgan fingerprint density at radius 3 is 1.58 bits per heavy atom. The Kier molecular flexibility index (Phi) is 18.3. The van der Waals surface area contributed by atoms with E-state index in [2.05, 4.69) is 6.92 Å². The zero-order valence-electron chi connectivity index (χ0n) is 8.44. The molecule has 0 amide bonds. The van der Waals surface area contributed by atoms with Gasteiger partial charge in [0.05, 0.1) is 0 Å². The summed E-state index contributed by atoms with van der Waals surface area (Å²) in [4.78, 5) is 0. The molecule has 0 saturated heterocycles. The van der Waals surface area contributed by atoms with Gasteiger partial charge in [0, 0.05) is 26.2 Å². The van der Waals surface area contributed by atoms with E-state index in [0.29, 0.717) is 0 Å². The first kappa shape index (κ1) is 15.3. The van der Waals surface area contributed by atoms with Crippen molar-refractivity contribution in [3.8, 4) is 0 Å². The van der Waals surface area contributed by atoms with Gasteiger partial charge in [-0.25, -0.2) is 0 Å². The summed E-state index contributed by atoms with van der Waals surface area (Å²) in [5, 5.41) is 0. The first-order valence-electron chi connectivity index (χ1n) is 5.12. The number of hydrogen-bond acceptors (Lipinski definition) is 1. The van der Waals surface area contributed by atoms with Crippen LogP contribution in [0.2, 0.25) is 0 Å². The average molecular weight is 249 g/mol. The second-order valence-corrected chi connectivity index (χ2v) is 3.26. The molecule has 0 aromatic heterocycles. The van der Waals surface area contributed by atoms with Crippen LogP contribution in [0, 0.1) is 0 Å². The van der Waals surface area contributed by atoms with Crippen molar-refractivity contribution >= 4 is 0 Å². The van der Waals surface area contributed by atoms with Crippen LogP contribution in [-0.4, -0.2) is 6.54 Å². The largest absolute Gasteiger partial charge is 0.330 e. The monoisotopic (exact) mass is 247 g/mol. The third-order valence-corrected chi connectivity index (χ3v) is 2.06. The van der Waals surface area contributed by atoms with E-state index in [-0.39, 0.29) is 26.2 Å². The Morgan fingerprint density at radius 2 is 1.17 bits per heavy atom. The van der Waals surface area contributed by atoms with Gasteiger partial charge in [0.1, 0.15) is 0 Å². The van der Waals surface area contributed by atoms with Crippen molar-refractivity contribution in [3.05, 3.63) is 0 Å². The standard InChI is InChI=1S/C10H23N.Zr/c1-2-3-4-5-6-7-8-9-10-11;/h2-11H2,1H3;.